The molecule has 0 radical (unpaired) electrons. The molecule has 0 spiro atoms. The monoisotopic (exact) mass is 181 g/mol. The largest absolute Gasteiger partial charge is 0.387 e. The van der Waals surface area contributed by atoms with E-state index in [1.165, 1.54) is 12.0 Å². The fourth-order valence-corrected chi connectivity index (χ4v) is 2.91. The lowest BCUT2D eigenvalue weighted by molar-refractivity contribution is -0.0206. The molecule has 1 saturated carbocycles. The lowest BCUT2D eigenvalue weighted by Crippen LogP contribution is -2.50. The third-order valence-corrected chi connectivity index (χ3v) is 4.12. The van der Waals surface area contributed by atoms with Gasteiger partial charge in [-0.15, -0.1) is 0 Å². The van der Waals surface area contributed by atoms with Crippen molar-refractivity contribution in [1.29, 1.82) is 0 Å². The highest BCUT2D eigenvalue weighted by Gasteiger charge is 2.51. The Balaban J connectivity index is 2.18. The maximum atomic E-state index is 9.72. The molecule has 0 aromatic heterocycles. The topological polar surface area (TPSA) is 46.2 Å². The molecule has 3 atom stereocenters. The van der Waals surface area contributed by atoms with Crippen LogP contribution in [0, 0.1) is 17.3 Å². The fourth-order valence-electron chi connectivity index (χ4n) is 2.91. The molecule has 3 rings (SSSR count). The van der Waals surface area contributed by atoms with E-state index < -0.39 is 6.10 Å². The van der Waals surface area contributed by atoms with Gasteiger partial charge in [0.05, 0.1) is 6.10 Å². The second kappa shape index (κ2) is 2.82. The van der Waals surface area contributed by atoms with Gasteiger partial charge in [-0.05, 0) is 35.7 Å². The van der Waals surface area contributed by atoms with E-state index >= 15 is 0 Å². The second-order valence-corrected chi connectivity index (χ2v) is 5.00. The van der Waals surface area contributed by atoms with Gasteiger partial charge in [-0.25, -0.2) is 0 Å². The van der Waals surface area contributed by atoms with Gasteiger partial charge in [0.15, 0.2) is 0 Å². The van der Waals surface area contributed by atoms with E-state index in [2.05, 4.69) is 19.9 Å². The van der Waals surface area contributed by atoms with Gasteiger partial charge in [0.25, 0.3) is 0 Å². The quantitative estimate of drug-likeness (QED) is 0.631. The molecule has 3 aliphatic rings. The van der Waals surface area contributed by atoms with E-state index in [1.807, 2.05) is 0 Å². The minimum absolute atomic E-state index is 0.364. The predicted octanol–water partition coefficient (Wildman–Crippen LogP) is 1.30. The van der Waals surface area contributed by atoms with E-state index in [1.54, 1.807) is 0 Å². The van der Waals surface area contributed by atoms with Crippen molar-refractivity contribution in [2.24, 2.45) is 23.0 Å². The number of nitrogens with two attached hydrogens (primary N) is 1. The Bertz CT molecular complexity index is 244. The fraction of sp³-hybridized carbons (Fsp3) is 0.818. The summed E-state index contributed by atoms with van der Waals surface area (Å²) in [5.41, 5.74) is 7.09. The standard InChI is InChI=1S/C11H19NO/c1-11(2)7-3-4-8(9(11)5-7)10(13)6-12/h4,7,9-10,13H,3,5-6,12H2,1-2H3. The van der Waals surface area contributed by atoms with E-state index in [0.717, 1.165) is 12.3 Å². The first-order valence-corrected chi connectivity index (χ1v) is 5.15. The van der Waals surface area contributed by atoms with E-state index in [4.69, 9.17) is 5.73 Å². The minimum Gasteiger partial charge on any atom is -0.387 e. The minimum atomic E-state index is -0.398. The van der Waals surface area contributed by atoms with Crippen LogP contribution in [0.3, 0.4) is 0 Å². The Hall–Kier alpha value is -0.340. The molecule has 3 aliphatic carbocycles. The van der Waals surface area contributed by atoms with Gasteiger partial charge in [-0.2, -0.15) is 0 Å². The molecule has 0 aliphatic heterocycles. The maximum absolute atomic E-state index is 9.72. The first kappa shape index (κ1) is 9.22. The summed E-state index contributed by atoms with van der Waals surface area (Å²) in [5.74, 6) is 1.43. The van der Waals surface area contributed by atoms with Crippen molar-refractivity contribution in [3.63, 3.8) is 0 Å². The van der Waals surface area contributed by atoms with Crippen LogP contribution in [0.15, 0.2) is 11.6 Å². The van der Waals surface area contributed by atoms with E-state index in [9.17, 15) is 5.11 Å². The average molecular weight is 181 g/mol. The summed E-state index contributed by atoms with van der Waals surface area (Å²) in [4.78, 5) is 0. The van der Waals surface area contributed by atoms with Crippen LogP contribution >= 0.6 is 0 Å². The van der Waals surface area contributed by atoms with Crippen LogP contribution in [0.4, 0.5) is 0 Å². The van der Waals surface area contributed by atoms with Crippen LogP contribution in [-0.4, -0.2) is 17.8 Å². The van der Waals surface area contributed by atoms with E-state index in [-0.39, 0.29) is 0 Å². The molecule has 3 unspecified atom stereocenters. The normalized spacial score (nSPS) is 37.7. The van der Waals surface area contributed by atoms with Crippen molar-refractivity contribution in [2.45, 2.75) is 32.8 Å². The third kappa shape index (κ3) is 1.16. The summed E-state index contributed by atoms with van der Waals surface area (Å²) in [5, 5.41) is 9.72. The second-order valence-electron chi connectivity index (χ2n) is 5.00. The van der Waals surface area contributed by atoms with E-state index in [0.29, 0.717) is 17.9 Å². The van der Waals surface area contributed by atoms with Crippen molar-refractivity contribution in [3.8, 4) is 0 Å². The number of rotatable bonds is 2. The molecule has 0 aromatic rings. The SMILES string of the molecule is CC1(C)C2CC=C(C(O)CN)C1C2. The molecule has 0 heterocycles. The zero-order valence-electron chi connectivity index (χ0n) is 8.46. The van der Waals surface area contributed by atoms with Crippen molar-refractivity contribution in [1.82, 2.24) is 0 Å². The average Bonchev–Trinajstić information content (AvgIpc) is 2.16. The number of allylic oxidation sites excluding steroid dienone is 1. The Morgan fingerprint density at radius 1 is 1.69 bits per heavy atom. The molecule has 1 fully saturated rings. The Labute approximate surface area is 79.8 Å². The van der Waals surface area contributed by atoms with Crippen LogP contribution in [0.25, 0.3) is 0 Å². The van der Waals surface area contributed by atoms with Gasteiger partial charge in [0.1, 0.15) is 0 Å². The number of aliphatic hydroxyl groups is 1. The molecule has 0 aromatic carbocycles. The molecular formula is C11H19NO. The molecule has 13 heavy (non-hydrogen) atoms. The smallest absolute Gasteiger partial charge is 0.0875 e. The summed E-state index contributed by atoms with van der Waals surface area (Å²) in [6.45, 7) is 4.98. The first-order valence-electron chi connectivity index (χ1n) is 5.15. The van der Waals surface area contributed by atoms with Crippen molar-refractivity contribution >= 4 is 0 Å². The number of hydrogen-bond acceptors (Lipinski definition) is 2. The lowest BCUT2D eigenvalue weighted by atomic mass is 9.48. The van der Waals surface area contributed by atoms with Crippen LogP contribution in [0.5, 0.6) is 0 Å². The Morgan fingerprint density at radius 3 is 2.85 bits per heavy atom. The van der Waals surface area contributed by atoms with Crippen LogP contribution in [0.2, 0.25) is 0 Å². The van der Waals surface area contributed by atoms with Crippen molar-refractivity contribution in [2.75, 3.05) is 6.54 Å². The molecule has 0 amide bonds. The lowest BCUT2D eigenvalue weighted by Gasteiger charge is -2.57. The molecular weight excluding hydrogens is 162 g/mol. The summed E-state index contributed by atoms with van der Waals surface area (Å²) >= 11 is 0. The molecule has 0 saturated heterocycles. The van der Waals surface area contributed by atoms with Crippen molar-refractivity contribution in [3.05, 3.63) is 11.6 Å². The summed E-state index contributed by atoms with van der Waals surface area (Å²) < 4.78 is 0. The maximum Gasteiger partial charge on any atom is 0.0875 e. The first-order chi connectivity index (χ1) is 6.07. The van der Waals surface area contributed by atoms with Crippen LogP contribution in [0.1, 0.15) is 26.7 Å². The molecule has 2 nitrogen and oxygen atoms in total. The number of aliphatic hydroxyl groups excluding tert-OH is 1. The Kier molecular flexibility index (Phi) is 2.00. The van der Waals surface area contributed by atoms with Gasteiger partial charge in [-0.1, -0.05) is 19.9 Å². The van der Waals surface area contributed by atoms with Gasteiger partial charge in [-0.3, -0.25) is 0 Å². The van der Waals surface area contributed by atoms with Gasteiger partial charge in [0, 0.05) is 6.54 Å². The van der Waals surface area contributed by atoms with Gasteiger partial charge >= 0.3 is 0 Å². The highest BCUT2D eigenvalue weighted by atomic mass is 16.3. The van der Waals surface area contributed by atoms with Crippen LogP contribution < -0.4 is 5.73 Å². The highest BCUT2D eigenvalue weighted by Crippen LogP contribution is 2.59. The molecule has 74 valence electrons. The molecule has 2 bridgehead atoms. The van der Waals surface area contributed by atoms with Crippen LogP contribution in [-0.2, 0) is 0 Å². The van der Waals surface area contributed by atoms with Crippen molar-refractivity contribution < 1.29 is 5.11 Å². The summed E-state index contributed by atoms with van der Waals surface area (Å²) in [7, 11) is 0. The van der Waals surface area contributed by atoms with Gasteiger partial charge < -0.3 is 10.8 Å². The zero-order chi connectivity index (χ0) is 9.64. The predicted molar refractivity (Wildman–Crippen MR) is 53.1 cm³/mol. The Morgan fingerprint density at radius 2 is 2.38 bits per heavy atom. The molecule has 3 N–H and O–H groups in total. The zero-order valence-corrected chi connectivity index (χ0v) is 8.46. The highest BCUT2D eigenvalue weighted by molar-refractivity contribution is 5.26. The summed E-state index contributed by atoms with van der Waals surface area (Å²) in [6.07, 6.45) is 4.21. The number of hydrogen-bond donors (Lipinski definition) is 2. The third-order valence-electron chi connectivity index (χ3n) is 4.12. The summed E-state index contributed by atoms with van der Waals surface area (Å²) in [6, 6.07) is 0. The number of fused-ring (bicyclic) bond motifs is 1. The van der Waals surface area contributed by atoms with Gasteiger partial charge in [0.2, 0.25) is 0 Å². The molecule has 2 heteroatoms.